The minimum absolute atomic E-state index is 0.230. The molecule has 0 spiro atoms. The fourth-order valence-corrected chi connectivity index (χ4v) is 7.35. The van der Waals surface area contributed by atoms with Crippen LogP contribution in [-0.2, 0) is 23.9 Å². The predicted molar refractivity (Wildman–Crippen MR) is 224 cm³/mol. The summed E-state index contributed by atoms with van der Waals surface area (Å²) in [7, 11) is 1.59. The maximum atomic E-state index is 13.5. The second-order valence-corrected chi connectivity index (χ2v) is 14.6. The first kappa shape index (κ1) is 42.1. The third-order valence-electron chi connectivity index (χ3n) is 9.62. The lowest BCUT2D eigenvalue weighted by molar-refractivity contribution is -0.145. The number of para-hydroxylation sites is 1. The Kier molecular flexibility index (Phi) is 15.2. The number of hydrogen-bond acceptors (Lipinski definition) is 14. The molecule has 59 heavy (non-hydrogen) atoms. The van der Waals surface area contributed by atoms with Gasteiger partial charge in [-0.3, -0.25) is 14.4 Å². The van der Waals surface area contributed by atoms with Gasteiger partial charge in [-0.1, -0.05) is 30.0 Å². The normalized spacial score (nSPS) is 14.9. The first-order chi connectivity index (χ1) is 28.8. The summed E-state index contributed by atoms with van der Waals surface area (Å²) >= 11 is 1.46. The number of rotatable bonds is 20. The zero-order chi connectivity index (χ0) is 41.4. The molecule has 1 fully saturated rings. The number of aromatic nitrogens is 1. The third kappa shape index (κ3) is 12.0. The molecule has 5 aromatic rings. The second-order valence-electron chi connectivity index (χ2n) is 13.6. The maximum absolute atomic E-state index is 13.5. The Morgan fingerprint density at radius 1 is 0.797 bits per heavy atom. The summed E-state index contributed by atoms with van der Waals surface area (Å²) < 4.78 is 33.8. The summed E-state index contributed by atoms with van der Waals surface area (Å²) in [6.07, 6.45) is 8.03. The number of unbranched alkanes of at least 4 members (excludes halogenated alkanes) is 3. The van der Waals surface area contributed by atoms with Crippen LogP contribution in [-0.4, -0.2) is 55.9 Å². The van der Waals surface area contributed by atoms with Gasteiger partial charge in [0.15, 0.2) is 0 Å². The minimum atomic E-state index is -0.432. The zero-order valence-corrected chi connectivity index (χ0v) is 33.5. The maximum Gasteiger partial charge on any atom is 0.330 e. The van der Waals surface area contributed by atoms with Crippen molar-refractivity contribution in [2.45, 2.75) is 51.4 Å². The van der Waals surface area contributed by atoms with E-state index in [1.165, 1.54) is 23.6 Å². The van der Waals surface area contributed by atoms with Crippen LogP contribution in [0.15, 0.2) is 109 Å². The van der Waals surface area contributed by atoms with Crippen molar-refractivity contribution < 1.29 is 47.6 Å². The highest BCUT2D eigenvalue weighted by molar-refractivity contribution is 7.22. The summed E-state index contributed by atoms with van der Waals surface area (Å²) in [5.41, 5.74) is 1.93. The number of carbonyl (C=O) groups excluding carboxylic acids is 4. The molecule has 1 heterocycles. The number of hydrazone groups is 1. The smallest absolute Gasteiger partial charge is 0.330 e. The van der Waals surface area contributed by atoms with Gasteiger partial charge in [-0.2, -0.15) is 5.10 Å². The van der Waals surface area contributed by atoms with E-state index < -0.39 is 17.9 Å². The van der Waals surface area contributed by atoms with Gasteiger partial charge in [0.1, 0.15) is 28.7 Å². The Bertz CT molecular complexity index is 2200. The molecule has 13 nitrogen and oxygen atoms in total. The lowest BCUT2D eigenvalue weighted by Crippen LogP contribution is -2.30. The molecular formula is C45H45N3O10S. The summed E-state index contributed by atoms with van der Waals surface area (Å²) in [6, 6.07) is 26.7. The van der Waals surface area contributed by atoms with Crippen LogP contribution in [0, 0.1) is 11.8 Å². The Morgan fingerprint density at radius 3 is 2.12 bits per heavy atom. The molecule has 0 atom stereocenters. The van der Waals surface area contributed by atoms with E-state index in [2.05, 4.69) is 6.58 Å². The molecule has 1 aromatic heterocycles. The van der Waals surface area contributed by atoms with Crippen molar-refractivity contribution in [1.82, 2.24) is 4.98 Å². The number of carbonyl (C=O) groups is 4. The van der Waals surface area contributed by atoms with E-state index in [-0.39, 0.29) is 23.4 Å². The van der Waals surface area contributed by atoms with Crippen molar-refractivity contribution in [3.63, 3.8) is 0 Å². The van der Waals surface area contributed by atoms with Gasteiger partial charge in [-0.15, -0.1) is 0 Å². The van der Waals surface area contributed by atoms with Crippen molar-refractivity contribution in [3.8, 4) is 28.7 Å². The summed E-state index contributed by atoms with van der Waals surface area (Å²) in [6.45, 7) is 4.62. The molecule has 0 unspecified atom stereocenters. The van der Waals surface area contributed by atoms with Crippen LogP contribution in [0.4, 0.5) is 10.8 Å². The minimum Gasteiger partial charge on any atom is -0.497 e. The summed E-state index contributed by atoms with van der Waals surface area (Å²) in [5, 5.41) is 7.06. The van der Waals surface area contributed by atoms with Crippen LogP contribution in [0.3, 0.4) is 0 Å². The molecule has 1 aliphatic carbocycles. The van der Waals surface area contributed by atoms with E-state index >= 15 is 0 Å². The Hall–Kier alpha value is -6.54. The van der Waals surface area contributed by atoms with Crippen LogP contribution in [0.1, 0.15) is 56.9 Å². The molecule has 0 bridgehead atoms. The topological polar surface area (TPSA) is 152 Å². The molecular weight excluding hydrogens is 775 g/mol. The van der Waals surface area contributed by atoms with E-state index in [1.54, 1.807) is 48.5 Å². The Labute approximate surface area is 346 Å². The number of esters is 3. The number of anilines is 2. The number of thiazole rings is 1. The van der Waals surface area contributed by atoms with Crippen molar-refractivity contribution in [1.29, 1.82) is 0 Å². The SMILES string of the molecule is C=CC(=O)OCCCCCCOc1ccc(OC(=O)C2CCC(C(=O)Oc3ccc(OC=O)cc3/C=N/N(c3ccc(OC)cc3)c3nc4ccccc4s3)CC2)cc1. The number of ether oxygens (including phenoxy) is 6. The van der Waals surface area contributed by atoms with Gasteiger partial charge < -0.3 is 28.4 Å². The zero-order valence-electron chi connectivity index (χ0n) is 32.7. The van der Waals surface area contributed by atoms with Gasteiger partial charge in [-0.05, 0) is 130 Å². The Morgan fingerprint density at radius 2 is 1.44 bits per heavy atom. The van der Waals surface area contributed by atoms with Gasteiger partial charge >= 0.3 is 17.9 Å². The fraction of sp³-hybridized carbons (Fsp3) is 0.289. The number of methoxy groups -OCH3 is 1. The highest BCUT2D eigenvalue weighted by Crippen LogP contribution is 2.36. The monoisotopic (exact) mass is 819 g/mol. The van der Waals surface area contributed by atoms with Crippen molar-refractivity contribution in [2.75, 3.05) is 25.3 Å². The quantitative estimate of drug-likeness (QED) is 0.0140. The molecule has 1 saturated carbocycles. The van der Waals surface area contributed by atoms with Crippen molar-refractivity contribution in [3.05, 3.63) is 109 Å². The molecule has 14 heteroatoms. The second kappa shape index (κ2) is 21.3. The number of fused-ring (bicyclic) bond motifs is 1. The van der Waals surface area contributed by atoms with Gasteiger partial charge in [0, 0.05) is 11.6 Å². The van der Waals surface area contributed by atoms with Gasteiger partial charge in [-0.25, -0.2) is 14.8 Å². The average Bonchev–Trinajstić information content (AvgIpc) is 3.70. The molecule has 4 aromatic carbocycles. The molecule has 306 valence electrons. The number of hydrogen-bond donors (Lipinski definition) is 0. The molecule has 6 rings (SSSR count). The molecule has 0 saturated heterocycles. The van der Waals surface area contributed by atoms with Gasteiger partial charge in [0.05, 0.1) is 54.3 Å². The number of nitrogens with zero attached hydrogens (tertiary/aromatic N) is 3. The lowest BCUT2D eigenvalue weighted by atomic mass is 9.82. The van der Waals surface area contributed by atoms with E-state index in [0.29, 0.717) is 79.0 Å². The third-order valence-corrected chi connectivity index (χ3v) is 10.6. The molecule has 0 radical (unpaired) electrons. The molecule has 0 N–H and O–H groups in total. The summed E-state index contributed by atoms with van der Waals surface area (Å²) in [4.78, 5) is 53.7. The van der Waals surface area contributed by atoms with Crippen LogP contribution < -0.4 is 28.7 Å². The van der Waals surface area contributed by atoms with E-state index in [1.807, 2.05) is 48.5 Å². The lowest BCUT2D eigenvalue weighted by Gasteiger charge is -2.26. The van der Waals surface area contributed by atoms with Gasteiger partial charge in [0.25, 0.3) is 6.47 Å². The molecule has 0 aliphatic heterocycles. The first-order valence-electron chi connectivity index (χ1n) is 19.4. The summed E-state index contributed by atoms with van der Waals surface area (Å²) in [5.74, 6) is 0.274. The van der Waals surface area contributed by atoms with Crippen LogP contribution in [0.2, 0.25) is 0 Å². The van der Waals surface area contributed by atoms with E-state index in [9.17, 15) is 19.2 Å². The van der Waals surface area contributed by atoms with E-state index in [4.69, 9.17) is 38.5 Å². The number of benzene rings is 4. The predicted octanol–water partition coefficient (Wildman–Crippen LogP) is 9.00. The van der Waals surface area contributed by atoms with E-state index in [0.717, 1.165) is 42.0 Å². The average molecular weight is 820 g/mol. The molecule has 0 amide bonds. The van der Waals surface area contributed by atoms with Gasteiger partial charge in [0.2, 0.25) is 5.13 Å². The highest BCUT2D eigenvalue weighted by Gasteiger charge is 2.32. The Balaban J connectivity index is 1.03. The standard InChI is InChI=1S/C45H45N3O10S/c1-3-42(50)55-27-9-5-4-8-26-54-36-20-22-37(23-21-36)57-43(51)31-12-14-32(15-13-31)44(52)58-40-25-24-38(56-30-49)28-33(40)29-46-48(34-16-18-35(53-2)19-17-34)45-47-39-10-6-7-11-41(39)59-45/h3,6-7,10-11,16-25,28-32H,1,4-5,8-9,12-15,26-27H2,2H3/b46-29+. The van der Waals surface area contributed by atoms with Crippen molar-refractivity contribution >= 4 is 63.0 Å². The highest BCUT2D eigenvalue weighted by atomic mass is 32.1. The van der Waals surface area contributed by atoms with Crippen molar-refractivity contribution in [2.24, 2.45) is 16.9 Å². The largest absolute Gasteiger partial charge is 0.497 e. The molecule has 1 aliphatic rings. The first-order valence-corrected chi connectivity index (χ1v) is 20.2. The van der Waals surface area contributed by atoms with Crippen LogP contribution in [0.5, 0.6) is 28.7 Å². The van der Waals surface area contributed by atoms with Crippen LogP contribution in [0.25, 0.3) is 10.2 Å². The fourth-order valence-electron chi connectivity index (χ4n) is 6.41. The van der Waals surface area contributed by atoms with Crippen LogP contribution >= 0.6 is 11.3 Å².